The molecule has 4 aromatic rings. The van der Waals surface area contributed by atoms with Gasteiger partial charge in [-0.25, -0.2) is 4.98 Å². The molecular formula is C24H24N6O. The molecule has 1 fully saturated rings. The number of piperidine rings is 1. The summed E-state index contributed by atoms with van der Waals surface area (Å²) in [7, 11) is 0. The third-order valence-electron chi connectivity index (χ3n) is 5.86. The summed E-state index contributed by atoms with van der Waals surface area (Å²) in [6.07, 6.45) is 5.62. The maximum atomic E-state index is 12.6. The van der Waals surface area contributed by atoms with Crippen LogP contribution in [-0.2, 0) is 0 Å². The number of fused-ring (bicyclic) bond motifs is 1. The zero-order chi connectivity index (χ0) is 21.0. The highest BCUT2D eigenvalue weighted by molar-refractivity contribution is 5.94. The summed E-state index contributed by atoms with van der Waals surface area (Å²) in [5.74, 6) is 1.31. The molecule has 0 spiro atoms. The first-order valence-electron chi connectivity index (χ1n) is 10.6. The molecule has 5 rings (SSSR count). The standard InChI is InChI=1S/C24H24N6O/c31-24(21-8-7-18-4-1-2-6-20(18)27-21)26-15-17-9-12-30(13-10-17)23-14-22(28-29-23)19-5-3-11-25-16-19/h1-8,11,14,16-17H,9-10,12-13,15H2,(H,26,31)(H,28,29). The first kappa shape index (κ1) is 19.2. The second-order valence-electron chi connectivity index (χ2n) is 7.91. The molecule has 0 atom stereocenters. The molecule has 7 heteroatoms. The predicted molar refractivity (Wildman–Crippen MR) is 121 cm³/mol. The Balaban J connectivity index is 1.14. The minimum absolute atomic E-state index is 0.110. The van der Waals surface area contributed by atoms with Crippen LogP contribution in [0.3, 0.4) is 0 Å². The first-order valence-corrected chi connectivity index (χ1v) is 10.6. The van der Waals surface area contributed by atoms with Crippen LogP contribution in [-0.4, -0.2) is 45.7 Å². The number of amides is 1. The van der Waals surface area contributed by atoms with E-state index in [0.717, 1.165) is 53.9 Å². The highest BCUT2D eigenvalue weighted by Gasteiger charge is 2.22. The van der Waals surface area contributed by atoms with Gasteiger partial charge in [0.05, 0.1) is 11.2 Å². The number of nitrogens with one attached hydrogen (secondary N) is 2. The van der Waals surface area contributed by atoms with E-state index in [0.29, 0.717) is 18.2 Å². The molecule has 7 nitrogen and oxygen atoms in total. The highest BCUT2D eigenvalue weighted by atomic mass is 16.1. The Morgan fingerprint density at radius 1 is 1.10 bits per heavy atom. The predicted octanol–water partition coefficient (Wildman–Crippen LogP) is 3.67. The monoisotopic (exact) mass is 412 g/mol. The van der Waals surface area contributed by atoms with Gasteiger partial charge in [0, 0.05) is 49.0 Å². The number of carbonyl (C=O) groups is 1. The summed E-state index contributed by atoms with van der Waals surface area (Å²) in [6, 6.07) is 17.6. The number of anilines is 1. The van der Waals surface area contributed by atoms with Gasteiger partial charge in [-0.15, -0.1) is 0 Å². The van der Waals surface area contributed by atoms with Crippen molar-refractivity contribution in [1.29, 1.82) is 0 Å². The Bertz CT molecular complexity index is 1180. The van der Waals surface area contributed by atoms with Crippen LogP contribution < -0.4 is 10.2 Å². The maximum absolute atomic E-state index is 12.6. The van der Waals surface area contributed by atoms with E-state index in [2.05, 4.69) is 36.4 Å². The second-order valence-corrected chi connectivity index (χ2v) is 7.91. The van der Waals surface area contributed by atoms with Crippen molar-refractivity contribution in [3.05, 3.63) is 72.7 Å². The van der Waals surface area contributed by atoms with Gasteiger partial charge < -0.3 is 10.2 Å². The van der Waals surface area contributed by atoms with Gasteiger partial charge in [0.1, 0.15) is 5.69 Å². The minimum atomic E-state index is -0.110. The Hall–Kier alpha value is -3.74. The molecule has 2 N–H and O–H groups in total. The van der Waals surface area contributed by atoms with Crippen LogP contribution in [0.2, 0.25) is 0 Å². The molecule has 1 amide bonds. The largest absolute Gasteiger partial charge is 0.355 e. The average molecular weight is 412 g/mol. The van der Waals surface area contributed by atoms with E-state index in [1.54, 1.807) is 12.3 Å². The van der Waals surface area contributed by atoms with Gasteiger partial charge in [0.25, 0.3) is 5.91 Å². The molecule has 0 unspecified atom stereocenters. The molecule has 0 radical (unpaired) electrons. The van der Waals surface area contributed by atoms with Crippen molar-refractivity contribution >= 4 is 22.6 Å². The molecule has 156 valence electrons. The van der Waals surface area contributed by atoms with Crippen molar-refractivity contribution in [2.45, 2.75) is 12.8 Å². The van der Waals surface area contributed by atoms with Gasteiger partial charge in [-0.3, -0.25) is 14.9 Å². The number of hydrogen-bond donors (Lipinski definition) is 2. The maximum Gasteiger partial charge on any atom is 0.269 e. The van der Waals surface area contributed by atoms with E-state index in [-0.39, 0.29) is 5.91 Å². The van der Waals surface area contributed by atoms with Crippen molar-refractivity contribution in [2.75, 3.05) is 24.5 Å². The van der Waals surface area contributed by atoms with Crippen molar-refractivity contribution < 1.29 is 4.79 Å². The van der Waals surface area contributed by atoms with Gasteiger partial charge in [-0.1, -0.05) is 24.3 Å². The fraction of sp³-hybridized carbons (Fsp3) is 0.250. The zero-order valence-corrected chi connectivity index (χ0v) is 17.2. The molecule has 0 saturated carbocycles. The summed E-state index contributed by atoms with van der Waals surface area (Å²) in [6.45, 7) is 2.51. The summed E-state index contributed by atoms with van der Waals surface area (Å²) in [5, 5.41) is 11.7. The van der Waals surface area contributed by atoms with E-state index >= 15 is 0 Å². The van der Waals surface area contributed by atoms with Crippen LogP contribution in [0.1, 0.15) is 23.3 Å². The fourth-order valence-electron chi connectivity index (χ4n) is 4.03. The minimum Gasteiger partial charge on any atom is -0.355 e. The number of aromatic amines is 1. The van der Waals surface area contributed by atoms with E-state index in [1.165, 1.54) is 0 Å². The number of aromatic nitrogens is 4. The second kappa shape index (κ2) is 8.55. The summed E-state index contributed by atoms with van der Waals surface area (Å²) >= 11 is 0. The van der Waals surface area contributed by atoms with Crippen LogP contribution in [0, 0.1) is 5.92 Å². The van der Waals surface area contributed by atoms with Gasteiger partial charge in [-0.05, 0) is 43.0 Å². The van der Waals surface area contributed by atoms with Gasteiger partial charge in [0.15, 0.2) is 5.82 Å². The number of pyridine rings is 2. The van der Waals surface area contributed by atoms with E-state index in [1.807, 2.05) is 48.7 Å². The molecule has 0 aliphatic carbocycles. The van der Waals surface area contributed by atoms with Crippen molar-refractivity contribution in [2.24, 2.45) is 5.92 Å². The average Bonchev–Trinajstić information content (AvgIpc) is 3.33. The van der Waals surface area contributed by atoms with Gasteiger partial charge >= 0.3 is 0 Å². The molecule has 1 aliphatic heterocycles. The number of carbonyl (C=O) groups excluding carboxylic acids is 1. The molecule has 4 heterocycles. The number of para-hydroxylation sites is 1. The SMILES string of the molecule is O=C(NCC1CCN(c2cc(-c3cccnc3)[nH]n2)CC1)c1ccc2ccccc2n1. The third kappa shape index (κ3) is 4.26. The third-order valence-corrected chi connectivity index (χ3v) is 5.86. The van der Waals surface area contributed by atoms with Gasteiger partial charge in [0.2, 0.25) is 0 Å². The summed E-state index contributed by atoms with van der Waals surface area (Å²) in [4.78, 5) is 23.5. The van der Waals surface area contributed by atoms with Crippen LogP contribution in [0.4, 0.5) is 5.82 Å². The number of hydrogen-bond acceptors (Lipinski definition) is 5. The van der Waals surface area contributed by atoms with Gasteiger partial charge in [-0.2, -0.15) is 5.10 Å². The molecule has 1 aliphatic rings. The smallest absolute Gasteiger partial charge is 0.269 e. The quantitative estimate of drug-likeness (QED) is 0.522. The van der Waals surface area contributed by atoms with Crippen LogP contribution in [0.15, 0.2) is 67.0 Å². The molecule has 1 aromatic carbocycles. The van der Waals surface area contributed by atoms with Crippen LogP contribution in [0.5, 0.6) is 0 Å². The lowest BCUT2D eigenvalue weighted by molar-refractivity contribution is 0.0940. The Labute approximate surface area is 180 Å². The molecule has 31 heavy (non-hydrogen) atoms. The van der Waals surface area contributed by atoms with Crippen LogP contribution >= 0.6 is 0 Å². The van der Waals surface area contributed by atoms with E-state index < -0.39 is 0 Å². The normalized spacial score (nSPS) is 14.6. The number of benzene rings is 1. The topological polar surface area (TPSA) is 86.8 Å². The highest BCUT2D eigenvalue weighted by Crippen LogP contribution is 2.25. The number of rotatable bonds is 5. The van der Waals surface area contributed by atoms with Crippen molar-refractivity contribution in [1.82, 2.24) is 25.5 Å². The van der Waals surface area contributed by atoms with Crippen LogP contribution in [0.25, 0.3) is 22.2 Å². The Morgan fingerprint density at radius 3 is 2.81 bits per heavy atom. The van der Waals surface area contributed by atoms with E-state index in [9.17, 15) is 4.79 Å². The molecular weight excluding hydrogens is 388 g/mol. The Kier molecular flexibility index (Phi) is 5.31. The van der Waals surface area contributed by atoms with E-state index in [4.69, 9.17) is 0 Å². The lowest BCUT2D eigenvalue weighted by Gasteiger charge is -2.32. The number of H-pyrrole nitrogens is 1. The lowest BCUT2D eigenvalue weighted by Crippen LogP contribution is -2.39. The summed E-state index contributed by atoms with van der Waals surface area (Å²) in [5.41, 5.74) is 3.31. The molecule has 0 bridgehead atoms. The lowest BCUT2D eigenvalue weighted by atomic mass is 9.96. The molecule has 1 saturated heterocycles. The Morgan fingerprint density at radius 2 is 1.97 bits per heavy atom. The summed E-state index contributed by atoms with van der Waals surface area (Å²) < 4.78 is 0. The molecule has 3 aromatic heterocycles. The van der Waals surface area contributed by atoms with Crippen molar-refractivity contribution in [3.8, 4) is 11.3 Å². The number of nitrogens with zero attached hydrogens (tertiary/aromatic N) is 4. The fourth-order valence-corrected chi connectivity index (χ4v) is 4.03. The van der Waals surface area contributed by atoms with Crippen molar-refractivity contribution in [3.63, 3.8) is 0 Å². The first-order chi connectivity index (χ1) is 15.3. The zero-order valence-electron chi connectivity index (χ0n) is 17.2.